The normalized spacial score (nSPS) is 10.8. The van der Waals surface area contributed by atoms with Gasteiger partial charge >= 0.3 is 0 Å². The fourth-order valence-electron chi connectivity index (χ4n) is 0.822. The maximum absolute atomic E-state index is 8.70. The van der Waals surface area contributed by atoms with Gasteiger partial charge in [-0.1, -0.05) is 42.9 Å². The molecule has 0 bridgehead atoms. The van der Waals surface area contributed by atoms with Crippen molar-refractivity contribution < 1.29 is 0 Å². The molecule has 15 heavy (non-hydrogen) atoms. The lowest BCUT2D eigenvalue weighted by molar-refractivity contribution is 0.514. The monoisotopic (exact) mass is 241 g/mol. The number of aromatic nitrogens is 1. The Kier molecular flexibility index (Phi) is 3.72. The van der Waals surface area contributed by atoms with E-state index >= 15 is 0 Å². The minimum Gasteiger partial charge on any atom is -0.361 e. The number of thiazole rings is 1. The SMILES string of the molecule is C=CC(C)(C)CNc1nc(Cl)c(C#N)s1. The van der Waals surface area contributed by atoms with E-state index in [0.29, 0.717) is 16.6 Å². The number of nitrogens with one attached hydrogen (secondary N) is 1. The summed E-state index contributed by atoms with van der Waals surface area (Å²) in [4.78, 5) is 4.48. The molecule has 0 unspecified atom stereocenters. The van der Waals surface area contributed by atoms with Crippen molar-refractivity contribution in [3.63, 3.8) is 0 Å². The van der Waals surface area contributed by atoms with Crippen LogP contribution in [0.3, 0.4) is 0 Å². The van der Waals surface area contributed by atoms with E-state index in [-0.39, 0.29) is 10.6 Å². The number of nitriles is 1. The molecule has 0 aliphatic carbocycles. The summed E-state index contributed by atoms with van der Waals surface area (Å²) in [5.74, 6) is 0. The maximum Gasteiger partial charge on any atom is 0.185 e. The van der Waals surface area contributed by atoms with Crippen molar-refractivity contribution in [1.29, 1.82) is 5.26 Å². The second-order valence-corrected chi connectivity index (χ2v) is 5.15. The number of anilines is 1. The summed E-state index contributed by atoms with van der Waals surface area (Å²) < 4.78 is 0. The molecule has 0 aliphatic heterocycles. The van der Waals surface area contributed by atoms with Crippen molar-refractivity contribution in [2.45, 2.75) is 13.8 Å². The second-order valence-electron chi connectivity index (χ2n) is 3.80. The zero-order valence-electron chi connectivity index (χ0n) is 8.67. The van der Waals surface area contributed by atoms with Crippen LogP contribution in [-0.2, 0) is 0 Å². The lowest BCUT2D eigenvalue weighted by Crippen LogP contribution is -2.20. The summed E-state index contributed by atoms with van der Waals surface area (Å²) in [5, 5.41) is 12.8. The van der Waals surface area contributed by atoms with Gasteiger partial charge in [0.05, 0.1) is 0 Å². The molecule has 3 nitrogen and oxygen atoms in total. The summed E-state index contributed by atoms with van der Waals surface area (Å²) >= 11 is 7.01. The second kappa shape index (κ2) is 4.65. The number of hydrogen-bond acceptors (Lipinski definition) is 4. The standard InChI is InChI=1S/C10H12ClN3S/c1-4-10(2,3)6-13-9-14-8(11)7(5-12)15-9/h4H,1,6H2,2-3H3,(H,13,14). The minimum absolute atomic E-state index is 0.00898. The van der Waals surface area contributed by atoms with Gasteiger partial charge in [0.15, 0.2) is 10.3 Å². The molecule has 0 aromatic carbocycles. The third kappa shape index (κ3) is 3.22. The van der Waals surface area contributed by atoms with Crippen LogP contribution in [0.5, 0.6) is 0 Å². The molecule has 0 amide bonds. The van der Waals surface area contributed by atoms with Crippen LogP contribution in [0.2, 0.25) is 5.15 Å². The van der Waals surface area contributed by atoms with Gasteiger partial charge in [-0.05, 0) is 5.41 Å². The molecule has 5 heteroatoms. The van der Waals surface area contributed by atoms with Gasteiger partial charge in [-0.15, -0.1) is 6.58 Å². The van der Waals surface area contributed by atoms with Gasteiger partial charge < -0.3 is 5.32 Å². The van der Waals surface area contributed by atoms with Crippen molar-refractivity contribution in [2.75, 3.05) is 11.9 Å². The third-order valence-electron chi connectivity index (χ3n) is 1.94. The largest absolute Gasteiger partial charge is 0.361 e. The van der Waals surface area contributed by atoms with Crippen molar-refractivity contribution in [2.24, 2.45) is 5.41 Å². The molecule has 0 saturated heterocycles. The topological polar surface area (TPSA) is 48.7 Å². The van der Waals surface area contributed by atoms with Crippen LogP contribution in [0.4, 0.5) is 5.13 Å². The Morgan fingerprint density at radius 3 is 2.87 bits per heavy atom. The molecule has 1 aromatic rings. The zero-order chi connectivity index (χ0) is 11.5. The van der Waals surface area contributed by atoms with E-state index in [4.69, 9.17) is 16.9 Å². The van der Waals surface area contributed by atoms with Crippen molar-refractivity contribution in [1.82, 2.24) is 4.98 Å². The van der Waals surface area contributed by atoms with Gasteiger partial charge in [-0.3, -0.25) is 0 Å². The highest BCUT2D eigenvalue weighted by molar-refractivity contribution is 7.16. The molecule has 0 spiro atoms. The molecule has 1 heterocycles. The predicted molar refractivity (Wildman–Crippen MR) is 64.3 cm³/mol. The van der Waals surface area contributed by atoms with E-state index < -0.39 is 0 Å². The molecule has 1 rings (SSSR count). The van der Waals surface area contributed by atoms with Crippen molar-refractivity contribution >= 4 is 28.1 Å². The highest BCUT2D eigenvalue weighted by atomic mass is 35.5. The fourth-order valence-corrected chi connectivity index (χ4v) is 1.76. The van der Waals surface area contributed by atoms with Crippen LogP contribution in [0.15, 0.2) is 12.7 Å². The Hall–Kier alpha value is -1.05. The van der Waals surface area contributed by atoms with Gasteiger partial charge in [0.25, 0.3) is 0 Å². The first-order valence-electron chi connectivity index (χ1n) is 4.42. The van der Waals surface area contributed by atoms with E-state index in [1.54, 1.807) is 0 Å². The molecule has 0 radical (unpaired) electrons. The molecule has 80 valence electrons. The van der Waals surface area contributed by atoms with Crippen molar-refractivity contribution in [3.8, 4) is 6.07 Å². The van der Waals surface area contributed by atoms with Crippen molar-refractivity contribution in [3.05, 3.63) is 22.7 Å². The van der Waals surface area contributed by atoms with Crippen LogP contribution in [-0.4, -0.2) is 11.5 Å². The zero-order valence-corrected chi connectivity index (χ0v) is 10.2. The van der Waals surface area contributed by atoms with E-state index in [0.717, 1.165) is 0 Å². The summed E-state index contributed by atoms with van der Waals surface area (Å²) in [6.45, 7) is 8.59. The average molecular weight is 242 g/mol. The Morgan fingerprint density at radius 2 is 2.40 bits per heavy atom. The Labute approximate surface area is 98.4 Å². The van der Waals surface area contributed by atoms with Gasteiger partial charge in [-0.25, -0.2) is 4.98 Å². The number of rotatable bonds is 4. The highest BCUT2D eigenvalue weighted by Gasteiger charge is 2.14. The average Bonchev–Trinajstić information content (AvgIpc) is 2.56. The first-order chi connectivity index (χ1) is 6.98. The van der Waals surface area contributed by atoms with Crippen LogP contribution < -0.4 is 5.32 Å². The first-order valence-corrected chi connectivity index (χ1v) is 5.62. The summed E-state index contributed by atoms with van der Waals surface area (Å²) in [5.41, 5.74) is -0.00898. The third-order valence-corrected chi connectivity index (χ3v) is 3.24. The van der Waals surface area contributed by atoms with Gasteiger partial charge in [0, 0.05) is 6.54 Å². The molecule has 1 aromatic heterocycles. The fraction of sp³-hybridized carbons (Fsp3) is 0.400. The maximum atomic E-state index is 8.70. The van der Waals surface area contributed by atoms with Gasteiger partial charge in [0.1, 0.15) is 10.9 Å². The molecule has 0 saturated carbocycles. The quantitative estimate of drug-likeness (QED) is 0.823. The minimum atomic E-state index is -0.00898. The van der Waals surface area contributed by atoms with Crippen LogP contribution >= 0.6 is 22.9 Å². The number of nitrogens with zero attached hydrogens (tertiary/aromatic N) is 2. The molecule has 1 N–H and O–H groups in total. The highest BCUT2D eigenvalue weighted by Crippen LogP contribution is 2.27. The Bertz CT molecular complexity index is 403. The van der Waals surface area contributed by atoms with E-state index in [2.05, 4.69) is 30.7 Å². The summed E-state index contributed by atoms with van der Waals surface area (Å²) in [6.07, 6.45) is 1.88. The lowest BCUT2D eigenvalue weighted by atomic mass is 9.94. The predicted octanol–water partition coefficient (Wildman–Crippen LogP) is 3.29. The lowest BCUT2D eigenvalue weighted by Gasteiger charge is -2.19. The molecule has 0 atom stereocenters. The number of hydrogen-bond donors (Lipinski definition) is 1. The van der Waals surface area contributed by atoms with E-state index in [1.807, 2.05) is 12.1 Å². The van der Waals surface area contributed by atoms with Crippen LogP contribution in [0.1, 0.15) is 18.7 Å². The molecular formula is C10H12ClN3S. The smallest absolute Gasteiger partial charge is 0.185 e. The van der Waals surface area contributed by atoms with Gasteiger partial charge in [-0.2, -0.15) is 5.26 Å². The van der Waals surface area contributed by atoms with Gasteiger partial charge in [0.2, 0.25) is 0 Å². The first kappa shape index (κ1) is 12.0. The van der Waals surface area contributed by atoms with E-state index in [9.17, 15) is 0 Å². The molecule has 0 fully saturated rings. The Morgan fingerprint density at radius 1 is 1.73 bits per heavy atom. The molecule has 0 aliphatic rings. The van der Waals surface area contributed by atoms with Crippen LogP contribution in [0.25, 0.3) is 0 Å². The Balaban J connectivity index is 2.67. The summed E-state index contributed by atoms with van der Waals surface area (Å²) in [6, 6.07) is 1.99. The molecular weight excluding hydrogens is 230 g/mol. The van der Waals surface area contributed by atoms with Crippen LogP contribution in [0, 0.1) is 16.7 Å². The number of halogens is 1. The summed E-state index contributed by atoms with van der Waals surface area (Å²) in [7, 11) is 0. The van der Waals surface area contributed by atoms with E-state index in [1.165, 1.54) is 11.3 Å².